The zero-order valence-electron chi connectivity index (χ0n) is 13.6. The molecular weight excluding hydrogens is 264 g/mol. The Hall–Kier alpha value is -1.55. The molecular formula is C17H26N2O2. The molecule has 21 heavy (non-hydrogen) atoms. The van der Waals surface area contributed by atoms with Crippen LogP contribution in [0.4, 0.5) is 10.5 Å². The maximum absolute atomic E-state index is 11.8. The van der Waals surface area contributed by atoms with Gasteiger partial charge < -0.3 is 10.5 Å². The molecule has 116 valence electrons. The summed E-state index contributed by atoms with van der Waals surface area (Å²) in [5.41, 5.74) is 7.67. The van der Waals surface area contributed by atoms with Crippen molar-refractivity contribution in [3.63, 3.8) is 0 Å². The minimum absolute atomic E-state index is 0.0264. The Kier molecular flexibility index (Phi) is 3.79. The lowest BCUT2D eigenvalue weighted by Gasteiger charge is -2.21. The molecule has 0 heterocycles. The molecule has 0 radical (unpaired) electrons. The lowest BCUT2D eigenvalue weighted by molar-refractivity contribution is 0.0636. The Bertz CT molecular complexity index is 546. The Balaban J connectivity index is 2.14. The molecule has 2 rings (SSSR count). The molecule has 0 saturated heterocycles. The molecule has 1 unspecified atom stereocenters. The minimum atomic E-state index is -0.501. The quantitative estimate of drug-likeness (QED) is 0.893. The smallest absolute Gasteiger partial charge is 0.412 e. The highest BCUT2D eigenvalue weighted by Gasteiger charge is 2.60. The Labute approximate surface area is 127 Å². The van der Waals surface area contributed by atoms with Crippen LogP contribution < -0.4 is 11.1 Å². The summed E-state index contributed by atoms with van der Waals surface area (Å²) >= 11 is 0. The van der Waals surface area contributed by atoms with Gasteiger partial charge in [0, 0.05) is 17.6 Å². The van der Waals surface area contributed by atoms with Gasteiger partial charge in [0.15, 0.2) is 0 Å². The Morgan fingerprint density at radius 1 is 1.38 bits per heavy atom. The standard InChI is InChI=1S/C17H26N2O2/c1-15(2,3)21-14(20)19-13-8-6-7-12(9-13)17(11-18)10-16(17,4)5/h6-9H,10-11,18H2,1-5H3,(H,19,20). The van der Waals surface area contributed by atoms with Crippen molar-refractivity contribution in [3.05, 3.63) is 29.8 Å². The summed E-state index contributed by atoms with van der Waals surface area (Å²) in [6, 6.07) is 7.91. The number of hydrogen-bond donors (Lipinski definition) is 2. The van der Waals surface area contributed by atoms with Gasteiger partial charge in [-0.3, -0.25) is 5.32 Å². The van der Waals surface area contributed by atoms with Gasteiger partial charge in [0.05, 0.1) is 0 Å². The predicted molar refractivity (Wildman–Crippen MR) is 85.4 cm³/mol. The van der Waals surface area contributed by atoms with Gasteiger partial charge in [-0.1, -0.05) is 26.0 Å². The van der Waals surface area contributed by atoms with Crippen molar-refractivity contribution in [2.75, 3.05) is 11.9 Å². The van der Waals surface area contributed by atoms with Crippen LogP contribution >= 0.6 is 0 Å². The number of carbonyl (C=O) groups is 1. The maximum atomic E-state index is 11.8. The minimum Gasteiger partial charge on any atom is -0.444 e. The van der Waals surface area contributed by atoms with E-state index in [1.54, 1.807) is 0 Å². The van der Waals surface area contributed by atoms with Crippen molar-refractivity contribution in [1.29, 1.82) is 0 Å². The highest BCUT2D eigenvalue weighted by Crippen LogP contribution is 2.63. The average Bonchev–Trinajstić information content (AvgIpc) is 2.91. The molecule has 1 aliphatic carbocycles. The number of rotatable bonds is 3. The molecule has 0 spiro atoms. The molecule has 0 aliphatic heterocycles. The van der Waals surface area contributed by atoms with Crippen molar-refractivity contribution in [1.82, 2.24) is 0 Å². The number of anilines is 1. The van der Waals surface area contributed by atoms with Crippen molar-refractivity contribution >= 4 is 11.8 Å². The second-order valence-corrected chi connectivity index (χ2v) is 7.55. The Morgan fingerprint density at radius 2 is 2.00 bits per heavy atom. The zero-order valence-corrected chi connectivity index (χ0v) is 13.6. The number of nitrogens with one attached hydrogen (secondary N) is 1. The normalized spacial score (nSPS) is 23.5. The zero-order chi connectivity index (χ0) is 15.9. The molecule has 1 aliphatic rings. The van der Waals surface area contributed by atoms with Crippen LogP contribution in [-0.4, -0.2) is 18.2 Å². The van der Waals surface area contributed by atoms with Crippen LogP contribution in [0.25, 0.3) is 0 Å². The first-order valence-electron chi connectivity index (χ1n) is 7.40. The third-order valence-corrected chi connectivity index (χ3v) is 4.32. The van der Waals surface area contributed by atoms with Crippen LogP contribution in [-0.2, 0) is 10.2 Å². The number of ether oxygens (including phenoxy) is 1. The molecule has 4 nitrogen and oxygen atoms in total. The van der Waals surface area contributed by atoms with Crippen molar-refractivity contribution in [2.24, 2.45) is 11.1 Å². The van der Waals surface area contributed by atoms with Gasteiger partial charge in [-0.05, 0) is 50.3 Å². The number of hydrogen-bond acceptors (Lipinski definition) is 3. The molecule has 1 fully saturated rings. The predicted octanol–water partition coefficient (Wildman–Crippen LogP) is 3.66. The van der Waals surface area contributed by atoms with Crippen LogP contribution in [0.1, 0.15) is 46.6 Å². The molecule has 4 heteroatoms. The van der Waals surface area contributed by atoms with Crippen LogP contribution in [0.2, 0.25) is 0 Å². The summed E-state index contributed by atoms with van der Waals surface area (Å²) < 4.78 is 5.28. The molecule has 1 amide bonds. The number of nitrogens with two attached hydrogens (primary N) is 1. The lowest BCUT2D eigenvalue weighted by Crippen LogP contribution is -2.28. The molecule has 1 atom stereocenters. The van der Waals surface area contributed by atoms with E-state index in [4.69, 9.17) is 10.5 Å². The third kappa shape index (κ3) is 3.21. The van der Waals surface area contributed by atoms with E-state index in [0.717, 1.165) is 12.1 Å². The van der Waals surface area contributed by atoms with Crippen LogP contribution in [0.3, 0.4) is 0 Å². The van der Waals surface area contributed by atoms with Crippen molar-refractivity contribution in [2.45, 2.75) is 52.1 Å². The van der Waals surface area contributed by atoms with E-state index < -0.39 is 11.7 Å². The van der Waals surface area contributed by atoms with E-state index in [0.29, 0.717) is 6.54 Å². The van der Waals surface area contributed by atoms with Crippen LogP contribution in [0, 0.1) is 5.41 Å². The Morgan fingerprint density at radius 3 is 2.48 bits per heavy atom. The summed E-state index contributed by atoms with van der Waals surface area (Å²) in [6.45, 7) is 10.6. The van der Waals surface area contributed by atoms with Crippen LogP contribution in [0.5, 0.6) is 0 Å². The largest absolute Gasteiger partial charge is 0.444 e. The monoisotopic (exact) mass is 290 g/mol. The van der Waals surface area contributed by atoms with Gasteiger partial charge in [0.2, 0.25) is 0 Å². The number of amides is 1. The van der Waals surface area contributed by atoms with Crippen molar-refractivity contribution < 1.29 is 9.53 Å². The summed E-state index contributed by atoms with van der Waals surface area (Å²) in [7, 11) is 0. The van der Waals surface area contributed by atoms with E-state index in [9.17, 15) is 4.79 Å². The van der Waals surface area contributed by atoms with Gasteiger partial charge in [-0.25, -0.2) is 4.79 Å². The molecule has 1 saturated carbocycles. The first-order valence-corrected chi connectivity index (χ1v) is 7.40. The molecule has 0 bridgehead atoms. The van der Waals surface area contributed by atoms with Gasteiger partial charge in [0.1, 0.15) is 5.60 Å². The first-order chi connectivity index (χ1) is 9.60. The highest BCUT2D eigenvalue weighted by molar-refractivity contribution is 5.85. The molecule has 0 aromatic heterocycles. The SMILES string of the molecule is CC(C)(C)OC(=O)Nc1cccc(C2(CN)CC2(C)C)c1. The average molecular weight is 290 g/mol. The third-order valence-electron chi connectivity index (χ3n) is 4.32. The van der Waals surface area contributed by atoms with E-state index >= 15 is 0 Å². The summed E-state index contributed by atoms with van der Waals surface area (Å²) in [4.78, 5) is 11.8. The highest BCUT2D eigenvalue weighted by atomic mass is 16.6. The summed E-state index contributed by atoms with van der Waals surface area (Å²) in [5, 5.41) is 2.79. The van der Waals surface area contributed by atoms with E-state index in [1.165, 1.54) is 5.56 Å². The van der Waals surface area contributed by atoms with E-state index in [1.807, 2.05) is 39.0 Å². The molecule has 1 aromatic rings. The second kappa shape index (κ2) is 5.02. The second-order valence-electron chi connectivity index (χ2n) is 7.55. The summed E-state index contributed by atoms with van der Waals surface area (Å²) in [5.74, 6) is 0. The van der Waals surface area contributed by atoms with Crippen LogP contribution in [0.15, 0.2) is 24.3 Å². The topological polar surface area (TPSA) is 64.3 Å². The number of carbonyl (C=O) groups excluding carboxylic acids is 1. The lowest BCUT2D eigenvalue weighted by atomic mass is 9.88. The van der Waals surface area contributed by atoms with Gasteiger partial charge >= 0.3 is 6.09 Å². The molecule has 3 N–H and O–H groups in total. The fourth-order valence-corrected chi connectivity index (χ4v) is 2.99. The molecule has 1 aromatic carbocycles. The fourth-order valence-electron chi connectivity index (χ4n) is 2.99. The first kappa shape index (κ1) is 15.8. The van der Waals surface area contributed by atoms with E-state index in [2.05, 4.69) is 25.2 Å². The summed E-state index contributed by atoms with van der Waals surface area (Å²) in [6.07, 6.45) is 0.642. The van der Waals surface area contributed by atoms with Gasteiger partial charge in [-0.15, -0.1) is 0 Å². The van der Waals surface area contributed by atoms with E-state index in [-0.39, 0.29) is 10.8 Å². The van der Waals surface area contributed by atoms with Gasteiger partial charge in [0.25, 0.3) is 0 Å². The van der Waals surface area contributed by atoms with Gasteiger partial charge in [-0.2, -0.15) is 0 Å². The fraction of sp³-hybridized carbons (Fsp3) is 0.588. The number of benzene rings is 1. The maximum Gasteiger partial charge on any atom is 0.412 e. The van der Waals surface area contributed by atoms with Crippen molar-refractivity contribution in [3.8, 4) is 0 Å².